The lowest BCUT2D eigenvalue weighted by molar-refractivity contribution is 0.303. The van der Waals surface area contributed by atoms with Crippen molar-refractivity contribution >= 4 is 5.69 Å². The van der Waals surface area contributed by atoms with Gasteiger partial charge in [-0.1, -0.05) is 62.5 Å². The van der Waals surface area contributed by atoms with Crippen LogP contribution in [0.1, 0.15) is 85.2 Å². The molecule has 2 nitrogen and oxygen atoms in total. The first-order valence-corrected chi connectivity index (χ1v) is 11.9. The van der Waals surface area contributed by atoms with E-state index >= 15 is 0 Å². The minimum atomic E-state index is 0.364. The van der Waals surface area contributed by atoms with Crippen molar-refractivity contribution in [1.29, 1.82) is 0 Å². The SMILES string of the molecule is CCCCCCCOc1ccc2c(c1)C1C=CCC1C(c1c(C)cc(C)cc1C)N2. The van der Waals surface area contributed by atoms with Crippen LogP contribution in [0.25, 0.3) is 0 Å². The maximum absolute atomic E-state index is 6.11. The highest BCUT2D eigenvalue weighted by atomic mass is 16.5. The van der Waals surface area contributed by atoms with E-state index in [2.05, 4.69) is 75.5 Å². The largest absolute Gasteiger partial charge is 0.494 e. The number of benzene rings is 2. The summed E-state index contributed by atoms with van der Waals surface area (Å²) in [6, 6.07) is 11.7. The summed E-state index contributed by atoms with van der Waals surface area (Å²) in [6.45, 7) is 9.81. The molecule has 1 heterocycles. The maximum atomic E-state index is 6.11. The zero-order chi connectivity index (χ0) is 21.1. The number of fused-ring (bicyclic) bond motifs is 3. The molecule has 0 fully saturated rings. The van der Waals surface area contributed by atoms with E-state index in [-0.39, 0.29) is 0 Å². The van der Waals surface area contributed by atoms with Gasteiger partial charge in [0.15, 0.2) is 0 Å². The molecule has 0 saturated carbocycles. The first-order valence-electron chi connectivity index (χ1n) is 11.9. The summed E-state index contributed by atoms with van der Waals surface area (Å²) in [5, 5.41) is 3.91. The molecule has 0 bridgehead atoms. The Morgan fingerprint density at radius 3 is 2.50 bits per heavy atom. The molecular formula is C28H37NO. The second-order valence-electron chi connectivity index (χ2n) is 9.30. The molecule has 4 rings (SSSR count). The van der Waals surface area contributed by atoms with Crippen LogP contribution >= 0.6 is 0 Å². The third-order valence-electron chi connectivity index (χ3n) is 6.90. The van der Waals surface area contributed by atoms with Gasteiger partial charge < -0.3 is 10.1 Å². The van der Waals surface area contributed by atoms with Gasteiger partial charge in [0.05, 0.1) is 12.6 Å². The molecule has 3 atom stereocenters. The summed E-state index contributed by atoms with van der Waals surface area (Å²) in [5.41, 5.74) is 8.31. The molecule has 1 aliphatic carbocycles. The van der Waals surface area contributed by atoms with Gasteiger partial charge in [0.2, 0.25) is 0 Å². The molecule has 1 N–H and O–H groups in total. The summed E-state index contributed by atoms with van der Waals surface area (Å²) in [6.07, 6.45) is 12.3. The summed E-state index contributed by atoms with van der Waals surface area (Å²) >= 11 is 0. The molecule has 2 heteroatoms. The molecule has 30 heavy (non-hydrogen) atoms. The highest BCUT2D eigenvalue weighted by molar-refractivity contribution is 5.62. The molecule has 0 saturated heterocycles. The zero-order valence-corrected chi connectivity index (χ0v) is 19.1. The van der Waals surface area contributed by atoms with Crippen LogP contribution in [-0.2, 0) is 0 Å². The molecule has 0 amide bonds. The van der Waals surface area contributed by atoms with Crippen molar-refractivity contribution in [2.24, 2.45) is 5.92 Å². The van der Waals surface area contributed by atoms with E-state index < -0.39 is 0 Å². The average Bonchev–Trinajstić information content (AvgIpc) is 3.20. The molecule has 2 aromatic carbocycles. The predicted molar refractivity (Wildman–Crippen MR) is 128 cm³/mol. The van der Waals surface area contributed by atoms with Crippen molar-refractivity contribution in [3.8, 4) is 5.75 Å². The molecule has 160 valence electrons. The number of anilines is 1. The van der Waals surface area contributed by atoms with E-state index in [0.29, 0.717) is 17.9 Å². The van der Waals surface area contributed by atoms with Crippen molar-refractivity contribution in [3.63, 3.8) is 0 Å². The Labute approximate surface area is 182 Å². The van der Waals surface area contributed by atoms with Crippen molar-refractivity contribution in [2.75, 3.05) is 11.9 Å². The fraction of sp³-hybridized carbons (Fsp3) is 0.500. The van der Waals surface area contributed by atoms with Crippen LogP contribution in [0.15, 0.2) is 42.5 Å². The highest BCUT2D eigenvalue weighted by Gasteiger charge is 2.39. The van der Waals surface area contributed by atoms with Crippen LogP contribution in [0.3, 0.4) is 0 Å². The Hall–Kier alpha value is -2.22. The number of hydrogen-bond donors (Lipinski definition) is 1. The summed E-state index contributed by atoms with van der Waals surface area (Å²) in [4.78, 5) is 0. The van der Waals surface area contributed by atoms with Crippen molar-refractivity contribution in [3.05, 3.63) is 70.3 Å². The van der Waals surface area contributed by atoms with E-state index in [1.807, 2.05) is 0 Å². The first-order chi connectivity index (χ1) is 14.6. The predicted octanol–water partition coefficient (Wildman–Crippen LogP) is 7.79. The molecule has 0 spiro atoms. The minimum Gasteiger partial charge on any atom is -0.494 e. The second-order valence-corrected chi connectivity index (χ2v) is 9.30. The molecule has 3 unspecified atom stereocenters. The summed E-state index contributed by atoms with van der Waals surface area (Å²) < 4.78 is 6.11. The number of unbranched alkanes of at least 4 members (excludes halogenated alkanes) is 4. The fourth-order valence-electron chi connectivity index (χ4n) is 5.53. The molecule has 0 aromatic heterocycles. The number of nitrogens with one attached hydrogen (secondary N) is 1. The van der Waals surface area contributed by atoms with Gasteiger partial charge in [-0.15, -0.1) is 0 Å². The standard InChI is InChI=1S/C28H37NO/c1-5-6-7-8-9-15-30-22-13-14-26-25(18-22)23-11-10-12-24(23)28(29-26)27-20(3)16-19(2)17-21(27)4/h10-11,13-14,16-18,23-24,28-29H,5-9,12,15H2,1-4H3. The van der Waals surface area contributed by atoms with E-state index in [1.54, 1.807) is 0 Å². The normalized spacial score (nSPS) is 21.8. The smallest absolute Gasteiger partial charge is 0.119 e. The van der Waals surface area contributed by atoms with E-state index in [9.17, 15) is 0 Å². The maximum Gasteiger partial charge on any atom is 0.119 e. The third-order valence-corrected chi connectivity index (χ3v) is 6.90. The lowest BCUT2D eigenvalue weighted by atomic mass is 9.75. The Kier molecular flexibility index (Phi) is 6.51. The monoisotopic (exact) mass is 403 g/mol. The van der Waals surface area contributed by atoms with Crippen molar-refractivity contribution < 1.29 is 4.74 Å². The van der Waals surface area contributed by atoms with Crippen LogP contribution in [0, 0.1) is 26.7 Å². The van der Waals surface area contributed by atoms with Crippen molar-refractivity contribution in [2.45, 2.75) is 78.2 Å². The van der Waals surface area contributed by atoms with Gasteiger partial charge in [0, 0.05) is 11.6 Å². The molecule has 2 aromatic rings. The third kappa shape index (κ3) is 4.29. The summed E-state index contributed by atoms with van der Waals surface area (Å²) in [7, 11) is 0. The first kappa shape index (κ1) is 21.0. The topological polar surface area (TPSA) is 21.3 Å². The van der Waals surface area contributed by atoms with Gasteiger partial charge >= 0.3 is 0 Å². The Morgan fingerprint density at radius 1 is 0.967 bits per heavy atom. The summed E-state index contributed by atoms with van der Waals surface area (Å²) in [5.74, 6) is 2.06. The molecular weight excluding hydrogens is 366 g/mol. The number of allylic oxidation sites excluding steroid dienone is 2. The average molecular weight is 404 g/mol. The van der Waals surface area contributed by atoms with Crippen LogP contribution in [0.5, 0.6) is 5.75 Å². The van der Waals surface area contributed by atoms with Crippen LogP contribution in [0.2, 0.25) is 0 Å². The van der Waals surface area contributed by atoms with Gasteiger partial charge in [0.25, 0.3) is 0 Å². The molecule has 2 aliphatic rings. The Balaban J connectivity index is 1.53. The Bertz CT molecular complexity index is 890. The van der Waals surface area contributed by atoms with Gasteiger partial charge in [-0.05, 0) is 80.0 Å². The number of hydrogen-bond acceptors (Lipinski definition) is 2. The molecule has 0 radical (unpaired) electrons. The number of rotatable bonds is 8. The zero-order valence-electron chi connectivity index (χ0n) is 19.1. The van der Waals surface area contributed by atoms with E-state index in [0.717, 1.165) is 25.2 Å². The van der Waals surface area contributed by atoms with Crippen molar-refractivity contribution in [1.82, 2.24) is 0 Å². The quantitative estimate of drug-likeness (QED) is 0.359. The number of aryl methyl sites for hydroxylation is 3. The van der Waals surface area contributed by atoms with Gasteiger partial charge in [-0.3, -0.25) is 0 Å². The fourth-order valence-corrected chi connectivity index (χ4v) is 5.53. The van der Waals surface area contributed by atoms with E-state index in [1.165, 1.54) is 59.2 Å². The van der Waals surface area contributed by atoms with Gasteiger partial charge in [-0.2, -0.15) is 0 Å². The highest BCUT2D eigenvalue weighted by Crippen LogP contribution is 2.51. The number of ether oxygens (including phenoxy) is 1. The van der Waals surface area contributed by atoms with E-state index in [4.69, 9.17) is 4.74 Å². The van der Waals surface area contributed by atoms with Crippen LogP contribution in [0.4, 0.5) is 5.69 Å². The lowest BCUT2D eigenvalue weighted by Crippen LogP contribution is -2.30. The van der Waals surface area contributed by atoms with Gasteiger partial charge in [0.1, 0.15) is 5.75 Å². The van der Waals surface area contributed by atoms with Crippen LogP contribution in [-0.4, -0.2) is 6.61 Å². The molecule has 1 aliphatic heterocycles. The minimum absolute atomic E-state index is 0.364. The lowest BCUT2D eigenvalue weighted by Gasteiger charge is -2.39. The van der Waals surface area contributed by atoms with Gasteiger partial charge in [-0.25, -0.2) is 0 Å². The van der Waals surface area contributed by atoms with Crippen LogP contribution < -0.4 is 10.1 Å². The Morgan fingerprint density at radius 2 is 1.73 bits per heavy atom. The second kappa shape index (κ2) is 9.29.